The minimum Gasteiger partial charge on any atom is -0.469 e. The zero-order chi connectivity index (χ0) is 16.4. The molecule has 1 aliphatic rings. The van der Waals surface area contributed by atoms with Crippen LogP contribution in [-0.4, -0.2) is 47.9 Å². The molecule has 0 amide bonds. The van der Waals surface area contributed by atoms with Gasteiger partial charge in [-0.3, -0.25) is 4.79 Å². The number of aryl methyl sites for hydroxylation is 1. The van der Waals surface area contributed by atoms with Crippen molar-refractivity contribution in [3.8, 4) is 11.5 Å². The van der Waals surface area contributed by atoms with Gasteiger partial charge in [-0.1, -0.05) is 11.8 Å². The molecular formula is C13H14N2O6S2. The molecule has 2 aromatic rings. The summed E-state index contributed by atoms with van der Waals surface area (Å²) in [5.41, 5.74) is 0.697. The highest BCUT2D eigenvalue weighted by atomic mass is 32.2. The summed E-state index contributed by atoms with van der Waals surface area (Å²) in [4.78, 5) is 11.7. The molecule has 0 N–H and O–H groups in total. The number of furan rings is 1. The number of sulfone groups is 1. The van der Waals surface area contributed by atoms with Gasteiger partial charge in [-0.05, 0) is 19.4 Å². The van der Waals surface area contributed by atoms with Gasteiger partial charge in [0.15, 0.2) is 9.84 Å². The van der Waals surface area contributed by atoms with Crippen molar-refractivity contribution in [1.82, 2.24) is 10.2 Å². The highest BCUT2D eigenvalue weighted by Gasteiger charge is 2.30. The van der Waals surface area contributed by atoms with E-state index in [-0.39, 0.29) is 22.5 Å². The molecule has 0 saturated carbocycles. The lowest BCUT2D eigenvalue weighted by molar-refractivity contribution is -0.144. The Kier molecular flexibility index (Phi) is 4.44. The normalized spacial score (nSPS) is 19.8. The number of carbonyl (C=O) groups excluding carboxylic acids is 1. The number of hydrogen-bond donors (Lipinski definition) is 0. The maximum atomic E-state index is 11.7. The first-order chi connectivity index (χ1) is 10.9. The standard InChI is InChI=1S/C13H14N2O6S2/c1-8-10(2-4-19-8)12-14-15-13(21-12)22-6-11(16)20-9-3-5-23(17,18)7-9/h2,4,9H,3,5-7H2,1H3/t9-/m1/s1. The summed E-state index contributed by atoms with van der Waals surface area (Å²) < 4.78 is 38.3. The lowest BCUT2D eigenvalue weighted by Gasteiger charge is -2.08. The van der Waals surface area contributed by atoms with Crippen molar-refractivity contribution in [1.29, 1.82) is 0 Å². The molecule has 1 atom stereocenters. The van der Waals surface area contributed by atoms with Crippen LogP contribution in [0.5, 0.6) is 0 Å². The Bertz CT molecular complexity index is 810. The predicted octanol–water partition coefficient (Wildman–Crippen LogP) is 1.46. The van der Waals surface area contributed by atoms with E-state index in [2.05, 4.69) is 10.2 Å². The Morgan fingerprint density at radius 1 is 1.48 bits per heavy atom. The summed E-state index contributed by atoms with van der Waals surface area (Å²) in [6, 6.07) is 1.71. The highest BCUT2D eigenvalue weighted by molar-refractivity contribution is 7.99. The predicted molar refractivity (Wildman–Crippen MR) is 80.6 cm³/mol. The van der Waals surface area contributed by atoms with Crippen molar-refractivity contribution in [2.45, 2.75) is 24.7 Å². The largest absolute Gasteiger partial charge is 0.469 e. The number of aromatic nitrogens is 2. The quantitative estimate of drug-likeness (QED) is 0.579. The van der Waals surface area contributed by atoms with Crippen molar-refractivity contribution in [3.05, 3.63) is 18.1 Å². The Hall–Kier alpha value is -1.81. The van der Waals surface area contributed by atoms with E-state index >= 15 is 0 Å². The second-order valence-electron chi connectivity index (χ2n) is 5.07. The number of esters is 1. The molecule has 0 aromatic carbocycles. The SMILES string of the molecule is Cc1occc1-c1nnc(SCC(=O)O[C@@H]2CCS(=O)(=O)C2)o1. The Morgan fingerprint density at radius 3 is 2.96 bits per heavy atom. The molecule has 8 nitrogen and oxygen atoms in total. The van der Waals surface area contributed by atoms with Crippen molar-refractivity contribution < 1.29 is 26.8 Å². The minimum absolute atomic E-state index is 0.0252. The lowest BCUT2D eigenvalue weighted by Crippen LogP contribution is -2.20. The number of carbonyl (C=O) groups is 1. The van der Waals surface area contributed by atoms with Gasteiger partial charge in [0.05, 0.1) is 23.3 Å². The first kappa shape index (κ1) is 16.1. The van der Waals surface area contributed by atoms with E-state index in [1.165, 1.54) is 6.26 Å². The third-order valence-corrected chi connectivity index (χ3v) is 5.83. The smallest absolute Gasteiger partial charge is 0.316 e. The Morgan fingerprint density at radius 2 is 2.30 bits per heavy atom. The van der Waals surface area contributed by atoms with Gasteiger partial charge in [-0.25, -0.2) is 8.42 Å². The molecule has 0 bridgehead atoms. The number of rotatable bonds is 5. The van der Waals surface area contributed by atoms with Crippen LogP contribution in [0.15, 0.2) is 26.4 Å². The van der Waals surface area contributed by atoms with Crippen LogP contribution in [0, 0.1) is 6.92 Å². The Balaban J connectivity index is 1.52. The number of ether oxygens (including phenoxy) is 1. The van der Waals surface area contributed by atoms with E-state index in [4.69, 9.17) is 13.6 Å². The fraction of sp³-hybridized carbons (Fsp3) is 0.462. The molecule has 0 unspecified atom stereocenters. The molecule has 124 valence electrons. The van der Waals surface area contributed by atoms with Crippen LogP contribution < -0.4 is 0 Å². The average molecular weight is 358 g/mol. The van der Waals surface area contributed by atoms with Crippen LogP contribution in [0.2, 0.25) is 0 Å². The van der Waals surface area contributed by atoms with Crippen molar-refractivity contribution in [2.24, 2.45) is 0 Å². The van der Waals surface area contributed by atoms with Crippen molar-refractivity contribution in [2.75, 3.05) is 17.3 Å². The summed E-state index contributed by atoms with van der Waals surface area (Å²) in [7, 11) is -3.07. The molecule has 2 aromatic heterocycles. The van der Waals surface area contributed by atoms with E-state index in [1.807, 2.05) is 0 Å². The van der Waals surface area contributed by atoms with Gasteiger partial charge in [-0.15, -0.1) is 10.2 Å². The number of nitrogens with zero attached hydrogens (tertiary/aromatic N) is 2. The van der Waals surface area contributed by atoms with E-state index in [9.17, 15) is 13.2 Å². The molecule has 1 saturated heterocycles. The molecule has 0 aliphatic carbocycles. The molecule has 0 spiro atoms. The van der Waals surface area contributed by atoms with Gasteiger partial charge in [-0.2, -0.15) is 0 Å². The van der Waals surface area contributed by atoms with Gasteiger partial charge >= 0.3 is 5.97 Å². The molecular weight excluding hydrogens is 344 g/mol. The number of hydrogen-bond acceptors (Lipinski definition) is 9. The summed E-state index contributed by atoms with van der Waals surface area (Å²) in [5.74, 6) is 0.406. The van der Waals surface area contributed by atoms with Gasteiger partial charge < -0.3 is 13.6 Å². The fourth-order valence-electron chi connectivity index (χ4n) is 2.18. The third kappa shape index (κ3) is 3.94. The zero-order valence-corrected chi connectivity index (χ0v) is 13.9. The van der Waals surface area contributed by atoms with E-state index in [0.717, 1.165) is 11.8 Å². The van der Waals surface area contributed by atoms with E-state index in [1.54, 1.807) is 13.0 Å². The molecule has 23 heavy (non-hydrogen) atoms. The van der Waals surface area contributed by atoms with Gasteiger partial charge in [0, 0.05) is 0 Å². The maximum Gasteiger partial charge on any atom is 0.316 e. The zero-order valence-electron chi connectivity index (χ0n) is 12.2. The summed E-state index contributed by atoms with van der Waals surface area (Å²) in [6.07, 6.45) is 1.32. The topological polar surface area (TPSA) is 112 Å². The second-order valence-corrected chi connectivity index (χ2v) is 8.22. The molecule has 3 heterocycles. The molecule has 1 fully saturated rings. The lowest BCUT2D eigenvalue weighted by atomic mass is 10.3. The molecule has 3 rings (SSSR count). The maximum absolute atomic E-state index is 11.7. The summed E-state index contributed by atoms with van der Waals surface area (Å²) in [5, 5.41) is 7.96. The first-order valence-corrected chi connectivity index (χ1v) is 9.64. The summed E-state index contributed by atoms with van der Waals surface area (Å²) in [6.45, 7) is 1.78. The number of thioether (sulfide) groups is 1. The van der Waals surface area contributed by atoms with Crippen molar-refractivity contribution in [3.63, 3.8) is 0 Å². The average Bonchev–Trinajstić information content (AvgIpc) is 3.17. The minimum atomic E-state index is -3.07. The second kappa shape index (κ2) is 6.36. The van der Waals surface area contributed by atoms with Crippen LogP contribution in [-0.2, 0) is 19.4 Å². The van der Waals surface area contributed by atoms with Crippen molar-refractivity contribution >= 4 is 27.6 Å². The van der Waals surface area contributed by atoms with Gasteiger partial charge in [0.1, 0.15) is 17.6 Å². The first-order valence-electron chi connectivity index (χ1n) is 6.83. The molecule has 10 heteroatoms. The fourth-order valence-corrected chi connectivity index (χ4v) is 4.31. The van der Waals surface area contributed by atoms with Crippen LogP contribution >= 0.6 is 11.8 Å². The van der Waals surface area contributed by atoms with Crippen LogP contribution in [0.25, 0.3) is 11.5 Å². The van der Waals surface area contributed by atoms with Gasteiger partial charge in [0.25, 0.3) is 11.1 Å². The highest BCUT2D eigenvalue weighted by Crippen LogP contribution is 2.26. The summed E-state index contributed by atoms with van der Waals surface area (Å²) >= 11 is 1.04. The van der Waals surface area contributed by atoms with E-state index < -0.39 is 21.9 Å². The van der Waals surface area contributed by atoms with E-state index in [0.29, 0.717) is 23.6 Å². The van der Waals surface area contributed by atoms with Gasteiger partial charge in [0.2, 0.25) is 0 Å². The molecule has 1 aliphatic heterocycles. The monoisotopic (exact) mass is 358 g/mol. The molecule has 0 radical (unpaired) electrons. The van der Waals surface area contributed by atoms with Crippen LogP contribution in [0.4, 0.5) is 0 Å². The third-order valence-electron chi connectivity index (χ3n) is 3.30. The Labute approximate surface area is 136 Å². The van der Waals surface area contributed by atoms with Crippen LogP contribution in [0.1, 0.15) is 12.2 Å². The van der Waals surface area contributed by atoms with Crippen LogP contribution in [0.3, 0.4) is 0 Å².